The Labute approximate surface area is 117 Å². The second-order valence-electron chi connectivity index (χ2n) is 5.69. The van der Waals surface area contributed by atoms with Crippen LogP contribution < -0.4 is 5.32 Å². The Morgan fingerprint density at radius 2 is 1.85 bits per heavy atom. The first-order chi connectivity index (χ1) is 9.43. The van der Waals surface area contributed by atoms with Crippen LogP contribution in [0.5, 0.6) is 0 Å². The molecule has 1 N–H and O–H groups in total. The van der Waals surface area contributed by atoms with Crippen LogP contribution in [-0.2, 0) is 14.6 Å². The minimum Gasteiger partial charge on any atom is -0.324 e. The maximum absolute atomic E-state index is 13.3. The summed E-state index contributed by atoms with van der Waals surface area (Å²) < 4.78 is 38.3. The van der Waals surface area contributed by atoms with E-state index in [9.17, 15) is 17.6 Å². The Hall–Kier alpha value is -1.43. The van der Waals surface area contributed by atoms with E-state index in [2.05, 4.69) is 5.32 Å². The average Bonchev–Trinajstić information content (AvgIpc) is 2.45. The molecule has 1 aliphatic heterocycles. The van der Waals surface area contributed by atoms with E-state index in [1.807, 2.05) is 0 Å². The number of fused-ring (bicyclic) bond motifs is 1. The fourth-order valence-corrected chi connectivity index (χ4v) is 5.26. The number of rotatable bonds is 0. The van der Waals surface area contributed by atoms with E-state index in [4.69, 9.17) is 0 Å². The number of hydrogen-bond acceptors (Lipinski definition) is 3. The van der Waals surface area contributed by atoms with Crippen molar-refractivity contribution >= 4 is 21.4 Å². The molecule has 1 aliphatic carbocycles. The largest absolute Gasteiger partial charge is 0.324 e. The molecule has 3 rings (SSSR count). The summed E-state index contributed by atoms with van der Waals surface area (Å²) in [4.78, 5) is 12.5. The zero-order chi connectivity index (χ0) is 14.4. The molecule has 1 aromatic rings. The minimum absolute atomic E-state index is 0.0229. The van der Waals surface area contributed by atoms with Gasteiger partial charge in [0.2, 0.25) is 5.91 Å². The number of carbonyl (C=O) groups excluding carboxylic acids is 1. The molecular weight excluding hydrogens is 281 g/mol. The Morgan fingerprint density at radius 1 is 1.15 bits per heavy atom. The van der Waals surface area contributed by atoms with E-state index in [0.717, 1.165) is 31.4 Å². The van der Waals surface area contributed by atoms with Crippen molar-refractivity contribution in [1.82, 2.24) is 0 Å². The summed E-state index contributed by atoms with van der Waals surface area (Å²) in [5.41, 5.74) is -0.788. The van der Waals surface area contributed by atoms with Gasteiger partial charge in [0.15, 0.2) is 9.84 Å². The summed E-state index contributed by atoms with van der Waals surface area (Å²) in [6.07, 6.45) is 3.89. The topological polar surface area (TPSA) is 63.2 Å². The molecule has 0 radical (unpaired) electrons. The van der Waals surface area contributed by atoms with Gasteiger partial charge in [-0.05, 0) is 31.0 Å². The molecule has 0 unspecified atom stereocenters. The number of hydrogen-bond donors (Lipinski definition) is 1. The van der Waals surface area contributed by atoms with Crippen LogP contribution in [0, 0.1) is 11.2 Å². The zero-order valence-electron chi connectivity index (χ0n) is 11.0. The van der Waals surface area contributed by atoms with Crippen molar-refractivity contribution < 1.29 is 17.6 Å². The van der Waals surface area contributed by atoms with Gasteiger partial charge in [0.05, 0.1) is 21.8 Å². The van der Waals surface area contributed by atoms with Crippen molar-refractivity contribution in [3.8, 4) is 0 Å². The quantitative estimate of drug-likeness (QED) is 0.748. The lowest BCUT2D eigenvalue weighted by atomic mass is 9.75. The van der Waals surface area contributed by atoms with E-state index in [0.29, 0.717) is 12.8 Å². The SMILES string of the molecule is O=C1Nc2cc(F)ccc2S(=O)(=O)CC12CCCCC2. The lowest BCUT2D eigenvalue weighted by molar-refractivity contribution is -0.126. The summed E-state index contributed by atoms with van der Waals surface area (Å²) in [7, 11) is -3.59. The van der Waals surface area contributed by atoms with Crippen LogP contribution in [-0.4, -0.2) is 20.1 Å². The monoisotopic (exact) mass is 297 g/mol. The highest BCUT2D eigenvalue weighted by atomic mass is 32.2. The lowest BCUT2D eigenvalue weighted by Crippen LogP contribution is -2.41. The van der Waals surface area contributed by atoms with Crippen molar-refractivity contribution in [1.29, 1.82) is 0 Å². The maximum Gasteiger partial charge on any atom is 0.231 e. The fraction of sp³-hybridized carbons (Fsp3) is 0.500. The predicted molar refractivity (Wildman–Crippen MR) is 72.6 cm³/mol. The first kappa shape index (κ1) is 13.5. The number of anilines is 1. The number of amides is 1. The molecule has 1 saturated carbocycles. The van der Waals surface area contributed by atoms with Crippen LogP contribution in [0.15, 0.2) is 23.1 Å². The molecule has 0 saturated heterocycles. The molecule has 1 amide bonds. The van der Waals surface area contributed by atoms with Gasteiger partial charge in [-0.1, -0.05) is 19.3 Å². The minimum atomic E-state index is -3.59. The number of benzene rings is 1. The third-order valence-electron chi connectivity index (χ3n) is 4.28. The van der Waals surface area contributed by atoms with Gasteiger partial charge in [-0.3, -0.25) is 4.79 Å². The molecule has 0 bridgehead atoms. The van der Waals surface area contributed by atoms with Crippen molar-refractivity contribution in [3.05, 3.63) is 24.0 Å². The van der Waals surface area contributed by atoms with Crippen LogP contribution in [0.1, 0.15) is 32.1 Å². The number of carbonyl (C=O) groups is 1. The van der Waals surface area contributed by atoms with E-state index < -0.39 is 21.1 Å². The van der Waals surface area contributed by atoms with Gasteiger partial charge < -0.3 is 5.32 Å². The fourth-order valence-electron chi connectivity index (χ4n) is 3.23. The third kappa shape index (κ3) is 2.12. The van der Waals surface area contributed by atoms with Gasteiger partial charge in [-0.15, -0.1) is 0 Å². The second kappa shape index (κ2) is 4.55. The molecule has 4 nitrogen and oxygen atoms in total. The summed E-state index contributed by atoms with van der Waals surface area (Å²) in [6.45, 7) is 0. The van der Waals surface area contributed by atoms with Crippen molar-refractivity contribution in [2.75, 3.05) is 11.1 Å². The zero-order valence-corrected chi connectivity index (χ0v) is 11.8. The van der Waals surface area contributed by atoms with Gasteiger partial charge in [0.25, 0.3) is 0 Å². The van der Waals surface area contributed by atoms with Gasteiger partial charge in [0, 0.05) is 0 Å². The third-order valence-corrected chi connectivity index (χ3v) is 6.24. The normalized spacial score (nSPS) is 23.8. The number of halogens is 1. The van der Waals surface area contributed by atoms with Crippen LogP contribution in [0.2, 0.25) is 0 Å². The van der Waals surface area contributed by atoms with E-state index in [1.165, 1.54) is 6.07 Å². The smallest absolute Gasteiger partial charge is 0.231 e. The molecule has 1 spiro atoms. The summed E-state index contributed by atoms with van der Waals surface area (Å²) in [5.74, 6) is -1.02. The van der Waals surface area contributed by atoms with Crippen LogP contribution in [0.3, 0.4) is 0 Å². The Morgan fingerprint density at radius 3 is 2.55 bits per heavy atom. The molecule has 20 heavy (non-hydrogen) atoms. The van der Waals surface area contributed by atoms with Gasteiger partial charge in [0.1, 0.15) is 5.82 Å². The Balaban J connectivity index is 2.12. The summed E-state index contributed by atoms with van der Waals surface area (Å²) in [6, 6.07) is 3.43. The molecular formula is C14H16FNO3S. The predicted octanol–water partition coefficient (Wildman–Crippen LogP) is 2.50. The first-order valence-electron chi connectivity index (χ1n) is 6.77. The average molecular weight is 297 g/mol. The molecule has 108 valence electrons. The summed E-state index contributed by atoms with van der Waals surface area (Å²) in [5, 5.41) is 2.62. The molecule has 1 aromatic carbocycles. The standard InChI is InChI=1S/C14H16FNO3S/c15-10-4-5-12-11(8-10)16-13(17)14(9-20(12,18)19)6-2-1-3-7-14/h4-5,8H,1-3,6-7,9H2,(H,16,17). The van der Waals surface area contributed by atoms with Gasteiger partial charge in [-0.2, -0.15) is 0 Å². The second-order valence-corrected chi connectivity index (χ2v) is 7.65. The molecule has 0 aromatic heterocycles. The molecule has 0 atom stereocenters. The van der Waals surface area contributed by atoms with Gasteiger partial charge in [-0.25, -0.2) is 12.8 Å². The highest BCUT2D eigenvalue weighted by molar-refractivity contribution is 7.91. The molecule has 6 heteroatoms. The van der Waals surface area contributed by atoms with E-state index >= 15 is 0 Å². The lowest BCUT2D eigenvalue weighted by Gasteiger charge is -2.33. The molecule has 2 aliphatic rings. The summed E-state index contributed by atoms with van der Waals surface area (Å²) >= 11 is 0. The molecule has 1 heterocycles. The van der Waals surface area contributed by atoms with Crippen molar-refractivity contribution in [2.24, 2.45) is 5.41 Å². The number of sulfone groups is 1. The first-order valence-corrected chi connectivity index (χ1v) is 8.42. The van der Waals surface area contributed by atoms with Crippen LogP contribution in [0.4, 0.5) is 10.1 Å². The van der Waals surface area contributed by atoms with Crippen LogP contribution >= 0.6 is 0 Å². The van der Waals surface area contributed by atoms with E-state index in [1.54, 1.807) is 0 Å². The maximum atomic E-state index is 13.3. The highest BCUT2D eigenvalue weighted by Crippen LogP contribution is 2.43. The van der Waals surface area contributed by atoms with Crippen molar-refractivity contribution in [2.45, 2.75) is 37.0 Å². The van der Waals surface area contributed by atoms with Crippen LogP contribution in [0.25, 0.3) is 0 Å². The number of nitrogens with one attached hydrogen (secondary N) is 1. The van der Waals surface area contributed by atoms with E-state index in [-0.39, 0.29) is 22.2 Å². The molecule has 1 fully saturated rings. The Kier molecular flexibility index (Phi) is 3.08. The highest BCUT2D eigenvalue weighted by Gasteiger charge is 2.46. The Bertz CT molecular complexity index is 663. The van der Waals surface area contributed by atoms with Crippen molar-refractivity contribution in [3.63, 3.8) is 0 Å². The van der Waals surface area contributed by atoms with Gasteiger partial charge >= 0.3 is 0 Å².